The highest BCUT2D eigenvalue weighted by atomic mass is 32.2. The Bertz CT molecular complexity index is 2200. The number of hydrogen-bond donors (Lipinski definition) is 0. The molecule has 2 aromatic heterocycles. The Morgan fingerprint density at radius 1 is 1.11 bits per heavy atom. The lowest BCUT2D eigenvalue weighted by Gasteiger charge is -2.25. The van der Waals surface area contributed by atoms with Crippen LogP contribution in [0.4, 0.5) is 5.69 Å². The molecular formula is C35H31N5O5S2. The van der Waals surface area contributed by atoms with Crippen molar-refractivity contribution in [3.05, 3.63) is 137 Å². The van der Waals surface area contributed by atoms with Gasteiger partial charge in [-0.2, -0.15) is 5.10 Å². The number of benzene rings is 3. The van der Waals surface area contributed by atoms with Crippen molar-refractivity contribution in [2.75, 3.05) is 12.9 Å². The van der Waals surface area contributed by atoms with Crippen molar-refractivity contribution in [1.29, 1.82) is 0 Å². The Hall–Kier alpha value is -5.07. The zero-order chi connectivity index (χ0) is 33.2. The minimum absolute atomic E-state index is 0.0677. The maximum atomic E-state index is 14.3. The van der Waals surface area contributed by atoms with E-state index < -0.39 is 16.9 Å². The second-order valence-corrected chi connectivity index (χ2v) is 13.3. The van der Waals surface area contributed by atoms with E-state index in [4.69, 9.17) is 14.8 Å². The van der Waals surface area contributed by atoms with Crippen molar-refractivity contribution in [3.8, 4) is 16.9 Å². The number of allylic oxidation sites excluding steroid dienone is 1. The van der Waals surface area contributed by atoms with E-state index in [9.17, 15) is 19.7 Å². The molecule has 0 spiro atoms. The van der Waals surface area contributed by atoms with Gasteiger partial charge in [-0.05, 0) is 55.0 Å². The standard InChI is InChI=1S/C35H31N5O5S2/c1-21(2)20-45-34(42)30-22(3)36-35-39(32(30)23-13-15-28(46-4)16-14-23)33(41)29(47-35)18-25-19-38(26-10-6-5-7-11-26)37-31(25)24-9-8-12-27(17-24)40(43)44/h5-19,21,32H,20H2,1-4H3. The van der Waals surface area contributed by atoms with Gasteiger partial charge in [0.05, 0.1) is 39.1 Å². The summed E-state index contributed by atoms with van der Waals surface area (Å²) in [6.45, 7) is 5.92. The van der Waals surface area contributed by atoms with Crippen molar-refractivity contribution >= 4 is 40.8 Å². The molecule has 1 unspecified atom stereocenters. The Labute approximate surface area is 278 Å². The second-order valence-electron chi connectivity index (χ2n) is 11.4. The number of ether oxygens (including phenoxy) is 1. The predicted molar refractivity (Wildman–Crippen MR) is 183 cm³/mol. The summed E-state index contributed by atoms with van der Waals surface area (Å²) in [5.41, 5.74) is 3.55. The summed E-state index contributed by atoms with van der Waals surface area (Å²) in [4.78, 5) is 45.2. The molecule has 1 aliphatic rings. The van der Waals surface area contributed by atoms with Gasteiger partial charge in [0.25, 0.3) is 11.2 Å². The second kappa shape index (κ2) is 13.3. The van der Waals surface area contributed by atoms with E-state index in [-0.39, 0.29) is 23.8 Å². The number of hydrogen-bond acceptors (Lipinski definition) is 9. The van der Waals surface area contributed by atoms with Gasteiger partial charge in [0, 0.05) is 34.4 Å². The number of thioether (sulfide) groups is 1. The summed E-state index contributed by atoms with van der Waals surface area (Å²) >= 11 is 2.81. The average molecular weight is 666 g/mol. The molecule has 5 aromatic rings. The monoisotopic (exact) mass is 665 g/mol. The minimum atomic E-state index is -0.743. The van der Waals surface area contributed by atoms with Crippen LogP contribution in [0.3, 0.4) is 0 Å². The Morgan fingerprint density at radius 2 is 1.85 bits per heavy atom. The summed E-state index contributed by atoms with van der Waals surface area (Å²) in [6, 6.07) is 22.7. The number of aromatic nitrogens is 3. The molecule has 0 saturated heterocycles. The third-order valence-electron chi connectivity index (χ3n) is 7.60. The first kappa shape index (κ1) is 31.9. The van der Waals surface area contributed by atoms with Crippen LogP contribution in [0, 0.1) is 16.0 Å². The van der Waals surface area contributed by atoms with Gasteiger partial charge in [0.1, 0.15) is 5.69 Å². The molecule has 0 fully saturated rings. The van der Waals surface area contributed by atoms with Crippen LogP contribution in [0.15, 0.2) is 111 Å². The molecule has 3 aromatic carbocycles. The highest BCUT2D eigenvalue weighted by molar-refractivity contribution is 7.98. The Morgan fingerprint density at radius 3 is 2.53 bits per heavy atom. The number of nitro benzene ring substituents is 1. The first-order valence-electron chi connectivity index (χ1n) is 14.9. The van der Waals surface area contributed by atoms with Crippen molar-refractivity contribution in [2.24, 2.45) is 10.9 Å². The summed E-state index contributed by atoms with van der Waals surface area (Å²) in [5, 5.41) is 16.4. The smallest absolute Gasteiger partial charge is 0.338 e. The van der Waals surface area contributed by atoms with Gasteiger partial charge >= 0.3 is 5.97 Å². The third kappa shape index (κ3) is 6.47. The fourth-order valence-electron chi connectivity index (χ4n) is 5.34. The first-order valence-corrected chi connectivity index (χ1v) is 16.9. The van der Waals surface area contributed by atoms with Crippen LogP contribution >= 0.6 is 23.1 Å². The average Bonchev–Trinajstić information content (AvgIpc) is 3.64. The van der Waals surface area contributed by atoms with Gasteiger partial charge < -0.3 is 4.74 Å². The minimum Gasteiger partial charge on any atom is -0.462 e. The highest BCUT2D eigenvalue weighted by Gasteiger charge is 2.33. The van der Waals surface area contributed by atoms with Crippen LogP contribution < -0.4 is 14.9 Å². The normalized spacial score (nSPS) is 14.7. The van der Waals surface area contributed by atoms with Crippen molar-refractivity contribution in [3.63, 3.8) is 0 Å². The number of nitro groups is 1. The number of carbonyl (C=O) groups excluding carboxylic acids is 1. The molecule has 0 N–H and O–H groups in total. The van der Waals surface area contributed by atoms with Crippen LogP contribution in [0.25, 0.3) is 23.0 Å². The van der Waals surface area contributed by atoms with Gasteiger partial charge in [-0.1, -0.05) is 67.6 Å². The highest BCUT2D eigenvalue weighted by Crippen LogP contribution is 2.32. The number of rotatable bonds is 9. The molecular weight excluding hydrogens is 635 g/mol. The first-order chi connectivity index (χ1) is 22.6. The number of esters is 1. The predicted octanol–water partition coefficient (Wildman–Crippen LogP) is 5.92. The van der Waals surface area contributed by atoms with Gasteiger partial charge in [0.15, 0.2) is 4.80 Å². The van der Waals surface area contributed by atoms with Gasteiger partial charge in [0.2, 0.25) is 0 Å². The molecule has 0 aliphatic carbocycles. The van der Waals surface area contributed by atoms with Crippen LogP contribution in [0.5, 0.6) is 0 Å². The zero-order valence-electron chi connectivity index (χ0n) is 26.1. The maximum absolute atomic E-state index is 14.3. The van der Waals surface area contributed by atoms with Crippen LogP contribution in [0.1, 0.15) is 37.9 Å². The number of para-hydroxylation sites is 1. The number of thiazole rings is 1. The van der Waals surface area contributed by atoms with Crippen molar-refractivity contribution in [1.82, 2.24) is 14.3 Å². The summed E-state index contributed by atoms with van der Waals surface area (Å²) < 4.78 is 9.27. The molecule has 0 bridgehead atoms. The van der Waals surface area contributed by atoms with Gasteiger partial charge in [-0.3, -0.25) is 19.5 Å². The number of non-ortho nitro benzene ring substituents is 1. The SMILES string of the molecule is CSc1ccc(C2C(C(=O)OCC(C)C)=C(C)N=c3sc(=Cc4cn(-c5ccccc5)nc4-c4cccc([N+](=O)[O-])c4)c(=O)n32)cc1. The largest absolute Gasteiger partial charge is 0.462 e. The maximum Gasteiger partial charge on any atom is 0.338 e. The summed E-state index contributed by atoms with van der Waals surface area (Å²) in [7, 11) is 0. The molecule has 3 heterocycles. The molecule has 1 aliphatic heterocycles. The van der Waals surface area contributed by atoms with E-state index in [2.05, 4.69) is 0 Å². The lowest BCUT2D eigenvalue weighted by atomic mass is 9.96. The van der Waals surface area contributed by atoms with E-state index in [1.54, 1.807) is 52.3 Å². The van der Waals surface area contributed by atoms with E-state index in [1.165, 1.54) is 23.5 Å². The quantitative estimate of drug-likeness (QED) is 0.0830. The summed E-state index contributed by atoms with van der Waals surface area (Å²) in [6.07, 6.45) is 5.51. The van der Waals surface area contributed by atoms with Crippen molar-refractivity contribution in [2.45, 2.75) is 31.7 Å². The fourth-order valence-corrected chi connectivity index (χ4v) is 6.79. The van der Waals surface area contributed by atoms with E-state index in [1.807, 2.05) is 74.7 Å². The molecule has 0 amide bonds. The van der Waals surface area contributed by atoms with Gasteiger partial charge in [-0.15, -0.1) is 11.8 Å². The molecule has 47 heavy (non-hydrogen) atoms. The zero-order valence-corrected chi connectivity index (χ0v) is 27.7. The van der Waals surface area contributed by atoms with Crippen LogP contribution in [0.2, 0.25) is 0 Å². The third-order valence-corrected chi connectivity index (χ3v) is 9.33. The van der Waals surface area contributed by atoms with E-state index >= 15 is 0 Å². The number of carbonyl (C=O) groups is 1. The number of fused-ring (bicyclic) bond motifs is 1. The molecule has 0 saturated carbocycles. The molecule has 1 atom stereocenters. The van der Waals surface area contributed by atoms with E-state index in [0.717, 1.165) is 16.1 Å². The fraction of sp³-hybridized carbons (Fsp3) is 0.200. The van der Waals surface area contributed by atoms with Crippen LogP contribution in [-0.4, -0.2) is 38.1 Å². The topological polar surface area (TPSA) is 122 Å². The lowest BCUT2D eigenvalue weighted by molar-refractivity contribution is -0.384. The van der Waals surface area contributed by atoms with Crippen molar-refractivity contribution < 1.29 is 14.5 Å². The molecule has 12 heteroatoms. The number of nitrogens with zero attached hydrogens (tertiary/aromatic N) is 5. The molecule has 10 nitrogen and oxygen atoms in total. The van der Waals surface area contributed by atoms with Gasteiger partial charge in [-0.25, -0.2) is 14.5 Å². The molecule has 238 valence electrons. The Kier molecular flexibility index (Phi) is 9.06. The molecule has 6 rings (SSSR count). The Balaban J connectivity index is 1.54. The lowest BCUT2D eigenvalue weighted by Crippen LogP contribution is -2.40. The van der Waals surface area contributed by atoms with E-state index in [0.29, 0.717) is 37.4 Å². The van der Waals surface area contributed by atoms with Crippen LogP contribution in [-0.2, 0) is 9.53 Å². The molecule has 0 radical (unpaired) electrons. The summed E-state index contributed by atoms with van der Waals surface area (Å²) in [5.74, 6) is -0.373.